The SMILES string of the molecule is O=C(O)C(Cl)C(Cl)C=Cc1ccccc1. The Labute approximate surface area is 98.1 Å². The highest BCUT2D eigenvalue weighted by Gasteiger charge is 2.21. The minimum Gasteiger partial charge on any atom is -0.480 e. The summed E-state index contributed by atoms with van der Waals surface area (Å²) in [5.74, 6) is -1.12. The Kier molecular flexibility index (Phi) is 4.66. The van der Waals surface area contributed by atoms with Crippen molar-refractivity contribution in [1.29, 1.82) is 0 Å². The van der Waals surface area contributed by atoms with Crippen LogP contribution in [0, 0.1) is 0 Å². The van der Waals surface area contributed by atoms with Gasteiger partial charge >= 0.3 is 5.97 Å². The molecule has 0 radical (unpaired) electrons. The lowest BCUT2D eigenvalue weighted by Gasteiger charge is -2.06. The average Bonchev–Trinajstić information content (AvgIpc) is 2.26. The highest BCUT2D eigenvalue weighted by Crippen LogP contribution is 2.13. The van der Waals surface area contributed by atoms with Crippen LogP contribution in [0.1, 0.15) is 5.56 Å². The predicted molar refractivity (Wildman–Crippen MR) is 62.4 cm³/mol. The standard InChI is InChI=1S/C11H10Cl2O2/c12-9(10(13)11(14)15)7-6-8-4-2-1-3-5-8/h1-7,9-10H,(H,14,15). The minimum absolute atomic E-state index is 0.718. The van der Waals surface area contributed by atoms with Crippen LogP contribution in [0.15, 0.2) is 36.4 Å². The summed E-state index contributed by atoms with van der Waals surface area (Å²) in [6.07, 6.45) is 3.32. The lowest BCUT2D eigenvalue weighted by atomic mass is 10.2. The summed E-state index contributed by atoms with van der Waals surface area (Å²) in [4.78, 5) is 10.5. The van der Waals surface area contributed by atoms with Gasteiger partial charge in [0.15, 0.2) is 5.38 Å². The Balaban J connectivity index is 2.62. The van der Waals surface area contributed by atoms with E-state index < -0.39 is 16.7 Å². The molecule has 4 heteroatoms. The molecule has 0 aliphatic carbocycles. The van der Waals surface area contributed by atoms with E-state index >= 15 is 0 Å². The molecule has 0 aliphatic heterocycles. The summed E-state index contributed by atoms with van der Waals surface area (Å²) in [6, 6.07) is 9.46. The summed E-state index contributed by atoms with van der Waals surface area (Å²) >= 11 is 11.3. The van der Waals surface area contributed by atoms with Gasteiger partial charge in [0, 0.05) is 0 Å². The first-order valence-corrected chi connectivity index (χ1v) is 5.23. The third-order valence-electron chi connectivity index (χ3n) is 1.79. The fourth-order valence-corrected chi connectivity index (χ4v) is 1.27. The monoisotopic (exact) mass is 244 g/mol. The molecule has 2 nitrogen and oxygen atoms in total. The lowest BCUT2D eigenvalue weighted by Crippen LogP contribution is -2.22. The number of carbonyl (C=O) groups is 1. The van der Waals surface area contributed by atoms with E-state index in [0.29, 0.717) is 0 Å². The smallest absolute Gasteiger partial charge is 0.323 e. The van der Waals surface area contributed by atoms with Gasteiger partial charge in [0.2, 0.25) is 0 Å². The van der Waals surface area contributed by atoms with Gasteiger partial charge in [-0.1, -0.05) is 42.5 Å². The number of rotatable bonds is 4. The molecule has 1 aromatic rings. The van der Waals surface area contributed by atoms with E-state index in [-0.39, 0.29) is 0 Å². The van der Waals surface area contributed by atoms with Crippen LogP contribution in [-0.2, 0) is 4.79 Å². The van der Waals surface area contributed by atoms with Gasteiger partial charge in [-0.25, -0.2) is 0 Å². The predicted octanol–water partition coefficient (Wildman–Crippen LogP) is 3.00. The maximum absolute atomic E-state index is 10.5. The van der Waals surface area contributed by atoms with E-state index in [1.165, 1.54) is 0 Å². The summed E-state index contributed by atoms with van der Waals surface area (Å²) in [5, 5.41) is 6.78. The largest absolute Gasteiger partial charge is 0.480 e. The zero-order chi connectivity index (χ0) is 11.3. The molecule has 0 heterocycles. The van der Waals surface area contributed by atoms with E-state index in [1.54, 1.807) is 12.2 Å². The van der Waals surface area contributed by atoms with Crippen molar-refractivity contribution in [3.63, 3.8) is 0 Å². The fraction of sp³-hybridized carbons (Fsp3) is 0.182. The van der Waals surface area contributed by atoms with Crippen molar-refractivity contribution in [3.8, 4) is 0 Å². The number of carboxylic acids is 1. The Morgan fingerprint density at radius 2 is 1.87 bits per heavy atom. The minimum atomic E-state index is -1.12. The molecule has 0 aliphatic rings. The average molecular weight is 245 g/mol. The van der Waals surface area contributed by atoms with Gasteiger partial charge in [0.1, 0.15) is 0 Å². The molecule has 0 amide bonds. The van der Waals surface area contributed by atoms with E-state index in [9.17, 15) is 4.79 Å². The molecule has 0 spiro atoms. The zero-order valence-electron chi connectivity index (χ0n) is 7.81. The molecule has 2 atom stereocenters. The molecule has 1 rings (SSSR count). The van der Waals surface area contributed by atoms with E-state index in [2.05, 4.69) is 0 Å². The van der Waals surface area contributed by atoms with Crippen LogP contribution in [0.25, 0.3) is 6.08 Å². The van der Waals surface area contributed by atoms with Crippen molar-refractivity contribution in [2.24, 2.45) is 0 Å². The van der Waals surface area contributed by atoms with Gasteiger partial charge in [-0.05, 0) is 5.56 Å². The second-order valence-corrected chi connectivity index (χ2v) is 3.93. The van der Waals surface area contributed by atoms with Crippen molar-refractivity contribution in [1.82, 2.24) is 0 Å². The van der Waals surface area contributed by atoms with Crippen molar-refractivity contribution in [2.45, 2.75) is 10.8 Å². The van der Waals surface area contributed by atoms with E-state index in [1.807, 2.05) is 30.3 Å². The molecular weight excluding hydrogens is 235 g/mol. The summed E-state index contributed by atoms with van der Waals surface area (Å²) < 4.78 is 0. The number of aliphatic carboxylic acids is 1. The molecule has 15 heavy (non-hydrogen) atoms. The van der Waals surface area contributed by atoms with Gasteiger partial charge in [-0.2, -0.15) is 0 Å². The lowest BCUT2D eigenvalue weighted by molar-refractivity contribution is -0.136. The molecular formula is C11H10Cl2O2. The van der Waals surface area contributed by atoms with Crippen LogP contribution in [0.4, 0.5) is 0 Å². The third-order valence-corrected chi connectivity index (χ3v) is 2.77. The van der Waals surface area contributed by atoms with E-state index in [0.717, 1.165) is 5.56 Å². The van der Waals surface area contributed by atoms with Crippen LogP contribution in [0.5, 0.6) is 0 Å². The second-order valence-electron chi connectivity index (χ2n) is 2.95. The summed E-state index contributed by atoms with van der Waals surface area (Å²) in [6.45, 7) is 0. The van der Waals surface area contributed by atoms with Crippen molar-refractivity contribution < 1.29 is 9.90 Å². The van der Waals surface area contributed by atoms with Crippen LogP contribution >= 0.6 is 23.2 Å². The molecule has 80 valence electrons. The summed E-state index contributed by atoms with van der Waals surface area (Å²) in [5.41, 5.74) is 0.956. The van der Waals surface area contributed by atoms with Gasteiger partial charge in [-0.3, -0.25) is 4.79 Å². The van der Waals surface area contributed by atoms with Crippen molar-refractivity contribution in [2.75, 3.05) is 0 Å². The fourth-order valence-electron chi connectivity index (χ4n) is 1.00. The Hall–Kier alpha value is -0.990. The molecule has 0 saturated heterocycles. The highest BCUT2D eigenvalue weighted by molar-refractivity contribution is 6.37. The first-order valence-electron chi connectivity index (χ1n) is 4.35. The highest BCUT2D eigenvalue weighted by atomic mass is 35.5. The van der Waals surface area contributed by atoms with Crippen molar-refractivity contribution >= 4 is 35.2 Å². The molecule has 0 aromatic heterocycles. The third kappa shape index (κ3) is 3.94. The van der Waals surface area contributed by atoms with Crippen LogP contribution in [-0.4, -0.2) is 21.8 Å². The van der Waals surface area contributed by atoms with Gasteiger partial charge in [0.25, 0.3) is 0 Å². The van der Waals surface area contributed by atoms with Crippen LogP contribution < -0.4 is 0 Å². The number of halogens is 2. The summed E-state index contributed by atoms with van der Waals surface area (Å²) in [7, 11) is 0. The van der Waals surface area contributed by atoms with Gasteiger partial charge in [-0.15, -0.1) is 23.2 Å². The van der Waals surface area contributed by atoms with Gasteiger partial charge < -0.3 is 5.11 Å². The molecule has 0 fully saturated rings. The number of allylic oxidation sites excluding steroid dienone is 1. The Morgan fingerprint density at radius 1 is 1.27 bits per heavy atom. The number of alkyl halides is 2. The maximum Gasteiger partial charge on any atom is 0.323 e. The number of hydrogen-bond donors (Lipinski definition) is 1. The quantitative estimate of drug-likeness (QED) is 0.828. The van der Waals surface area contributed by atoms with Crippen molar-refractivity contribution in [3.05, 3.63) is 42.0 Å². The Bertz CT molecular complexity index is 349. The molecule has 2 unspecified atom stereocenters. The number of hydrogen-bond acceptors (Lipinski definition) is 1. The maximum atomic E-state index is 10.5. The number of carboxylic acid groups (broad SMARTS) is 1. The Morgan fingerprint density at radius 3 is 2.40 bits per heavy atom. The normalized spacial score (nSPS) is 15.1. The molecule has 1 N–H and O–H groups in total. The topological polar surface area (TPSA) is 37.3 Å². The van der Waals surface area contributed by atoms with E-state index in [4.69, 9.17) is 28.3 Å². The van der Waals surface area contributed by atoms with Gasteiger partial charge in [0.05, 0.1) is 5.38 Å². The van der Waals surface area contributed by atoms with Crippen LogP contribution in [0.2, 0.25) is 0 Å². The zero-order valence-corrected chi connectivity index (χ0v) is 9.32. The molecule has 1 aromatic carbocycles. The molecule has 0 bridgehead atoms. The van der Waals surface area contributed by atoms with Crippen LogP contribution in [0.3, 0.4) is 0 Å². The molecule has 0 saturated carbocycles. The first kappa shape index (κ1) is 12.1. The second kappa shape index (κ2) is 5.79. The first-order chi connectivity index (χ1) is 7.11. The number of benzene rings is 1.